The molecule has 0 spiro atoms. The van der Waals surface area contributed by atoms with E-state index in [1.54, 1.807) is 17.1 Å². The minimum absolute atomic E-state index is 0.0378. The number of benzene rings is 1. The Bertz CT molecular complexity index is 1340. The Morgan fingerprint density at radius 1 is 1.31 bits per heavy atom. The summed E-state index contributed by atoms with van der Waals surface area (Å²) in [6.45, 7) is 2.78. The topological polar surface area (TPSA) is 123 Å². The predicted molar refractivity (Wildman–Crippen MR) is 131 cm³/mol. The van der Waals surface area contributed by atoms with E-state index in [1.165, 1.54) is 6.26 Å². The Morgan fingerprint density at radius 2 is 2.20 bits per heavy atom. The highest BCUT2D eigenvalue weighted by Crippen LogP contribution is 2.27. The lowest BCUT2D eigenvalue weighted by Crippen LogP contribution is -2.41. The minimum Gasteiger partial charge on any atom is -0.440 e. The molecule has 4 heterocycles. The predicted octanol–water partition coefficient (Wildman–Crippen LogP) is 3.79. The second-order valence-corrected chi connectivity index (χ2v) is 8.87. The fourth-order valence-corrected chi connectivity index (χ4v) is 4.37. The van der Waals surface area contributed by atoms with Crippen LogP contribution in [0, 0.1) is 6.92 Å². The molecule has 0 bridgehead atoms. The molecule has 1 saturated heterocycles. The molecule has 0 saturated carbocycles. The maximum Gasteiger partial charge on any atom is 0.307 e. The van der Waals surface area contributed by atoms with Crippen molar-refractivity contribution in [1.29, 1.82) is 0 Å². The van der Waals surface area contributed by atoms with Crippen LogP contribution in [0.2, 0.25) is 5.02 Å². The van der Waals surface area contributed by atoms with E-state index in [0.717, 1.165) is 36.3 Å². The quantitative estimate of drug-likeness (QED) is 0.356. The number of nitrogens with zero attached hydrogens (tertiary/aromatic N) is 5. The van der Waals surface area contributed by atoms with Crippen molar-refractivity contribution in [3.05, 3.63) is 71.0 Å². The van der Waals surface area contributed by atoms with Crippen molar-refractivity contribution in [2.45, 2.75) is 31.8 Å². The van der Waals surface area contributed by atoms with E-state index in [-0.39, 0.29) is 18.0 Å². The first-order chi connectivity index (χ1) is 17.0. The van der Waals surface area contributed by atoms with Crippen LogP contribution >= 0.6 is 11.6 Å². The first-order valence-corrected chi connectivity index (χ1v) is 11.7. The number of carbonyl (C=O) groups excluding carboxylic acids is 1. The molecule has 180 valence electrons. The standard InChI is InChI=1S/C24H25ClN8O2/c1-14-12-27-24(30-19-8-10-28-33(19)2)32-20(14)18-13-35-23(29-18)22(34)31-21(17-7-4-9-26-17)15-5-3-6-16(25)11-15/h3,5-6,8,10-13,17,21,26H,4,7,9H2,1-2H3,(H,31,34)(H,27,30,32)/t17-,21?/m1/s1. The van der Waals surface area contributed by atoms with Gasteiger partial charge in [0.1, 0.15) is 23.5 Å². The fourth-order valence-electron chi connectivity index (χ4n) is 4.17. The van der Waals surface area contributed by atoms with Gasteiger partial charge in [0.25, 0.3) is 5.89 Å². The molecule has 1 aliphatic heterocycles. The van der Waals surface area contributed by atoms with E-state index in [0.29, 0.717) is 22.4 Å². The smallest absolute Gasteiger partial charge is 0.307 e. The van der Waals surface area contributed by atoms with Gasteiger partial charge in [-0.25, -0.2) is 15.0 Å². The molecule has 1 unspecified atom stereocenters. The van der Waals surface area contributed by atoms with E-state index in [1.807, 2.05) is 44.3 Å². The Kier molecular flexibility index (Phi) is 6.47. The Balaban J connectivity index is 1.37. The summed E-state index contributed by atoms with van der Waals surface area (Å²) in [5, 5.41) is 14.4. The average molecular weight is 493 g/mol. The third-order valence-electron chi connectivity index (χ3n) is 5.97. The highest BCUT2D eigenvalue weighted by molar-refractivity contribution is 6.30. The van der Waals surface area contributed by atoms with Crippen LogP contribution < -0.4 is 16.0 Å². The van der Waals surface area contributed by atoms with E-state index >= 15 is 0 Å². The number of hydrogen-bond donors (Lipinski definition) is 3. The van der Waals surface area contributed by atoms with Crippen LogP contribution in [0.3, 0.4) is 0 Å². The Labute approximate surface area is 207 Å². The van der Waals surface area contributed by atoms with E-state index < -0.39 is 5.91 Å². The van der Waals surface area contributed by atoms with E-state index in [4.69, 9.17) is 16.0 Å². The summed E-state index contributed by atoms with van der Waals surface area (Å²) in [6, 6.07) is 9.16. The fraction of sp³-hybridized carbons (Fsp3) is 0.292. The van der Waals surface area contributed by atoms with Crippen molar-refractivity contribution in [3.8, 4) is 11.4 Å². The van der Waals surface area contributed by atoms with Crippen LogP contribution in [0.5, 0.6) is 0 Å². The van der Waals surface area contributed by atoms with Gasteiger partial charge in [-0.2, -0.15) is 5.10 Å². The zero-order valence-corrected chi connectivity index (χ0v) is 20.1. The van der Waals surface area contributed by atoms with E-state index in [9.17, 15) is 4.79 Å². The molecule has 11 heteroatoms. The number of oxazole rings is 1. The summed E-state index contributed by atoms with van der Waals surface area (Å²) in [7, 11) is 1.82. The summed E-state index contributed by atoms with van der Waals surface area (Å²) in [5.74, 6) is 0.684. The Morgan fingerprint density at radius 3 is 2.94 bits per heavy atom. The van der Waals surface area contributed by atoms with E-state index in [2.05, 4.69) is 36.0 Å². The summed E-state index contributed by atoms with van der Waals surface area (Å²) in [5.41, 5.74) is 2.74. The Hall–Kier alpha value is -3.76. The second kappa shape index (κ2) is 9.85. The second-order valence-electron chi connectivity index (χ2n) is 8.44. The van der Waals surface area contributed by atoms with Crippen molar-refractivity contribution < 1.29 is 9.21 Å². The normalized spacial score (nSPS) is 16.3. The lowest BCUT2D eigenvalue weighted by atomic mass is 9.98. The number of aryl methyl sites for hydroxylation is 2. The summed E-state index contributed by atoms with van der Waals surface area (Å²) < 4.78 is 7.24. The van der Waals surface area contributed by atoms with Crippen LogP contribution in [0.25, 0.3) is 11.4 Å². The highest BCUT2D eigenvalue weighted by Gasteiger charge is 2.29. The van der Waals surface area contributed by atoms with Gasteiger partial charge in [0.2, 0.25) is 5.95 Å². The molecule has 3 aromatic heterocycles. The molecule has 1 fully saturated rings. The van der Waals surface area contributed by atoms with Crippen LogP contribution in [-0.2, 0) is 7.05 Å². The van der Waals surface area contributed by atoms with Crippen LogP contribution in [0.1, 0.15) is 40.7 Å². The van der Waals surface area contributed by atoms with Gasteiger partial charge in [-0.3, -0.25) is 9.48 Å². The van der Waals surface area contributed by atoms with Crippen LogP contribution in [-0.4, -0.2) is 43.2 Å². The monoisotopic (exact) mass is 492 g/mol. The molecule has 0 aliphatic carbocycles. The van der Waals surface area contributed by atoms with Gasteiger partial charge in [0.05, 0.1) is 12.2 Å². The molecule has 10 nitrogen and oxygen atoms in total. The van der Waals surface area contributed by atoms with Gasteiger partial charge in [-0.15, -0.1) is 0 Å². The molecule has 2 atom stereocenters. The summed E-state index contributed by atoms with van der Waals surface area (Å²) >= 11 is 6.22. The highest BCUT2D eigenvalue weighted by atomic mass is 35.5. The third-order valence-corrected chi connectivity index (χ3v) is 6.20. The largest absolute Gasteiger partial charge is 0.440 e. The zero-order chi connectivity index (χ0) is 24.4. The minimum atomic E-state index is -0.408. The molecule has 0 radical (unpaired) electrons. The molecule has 5 rings (SSSR count). The number of anilines is 2. The summed E-state index contributed by atoms with van der Waals surface area (Å²) in [4.78, 5) is 26.5. The van der Waals surface area contributed by atoms with Crippen molar-refractivity contribution in [3.63, 3.8) is 0 Å². The lowest BCUT2D eigenvalue weighted by molar-refractivity contribution is 0.0893. The first kappa shape index (κ1) is 23.0. The van der Waals surface area contributed by atoms with Gasteiger partial charge in [0, 0.05) is 30.4 Å². The third kappa shape index (κ3) is 5.03. The average Bonchev–Trinajstić information content (AvgIpc) is 3.62. The molecular weight excluding hydrogens is 468 g/mol. The van der Waals surface area contributed by atoms with Gasteiger partial charge in [-0.1, -0.05) is 23.7 Å². The molecule has 1 aromatic carbocycles. The lowest BCUT2D eigenvalue weighted by Gasteiger charge is -2.25. The SMILES string of the molecule is Cc1cnc(Nc2ccnn2C)nc1-c1coc(C(=O)NC(c2cccc(Cl)c2)[C@H]2CCCN2)n1. The van der Waals surface area contributed by atoms with Crippen molar-refractivity contribution in [1.82, 2.24) is 35.4 Å². The zero-order valence-electron chi connectivity index (χ0n) is 19.3. The molecule has 3 N–H and O–H groups in total. The number of rotatable bonds is 7. The number of carbonyl (C=O) groups is 1. The number of nitrogens with one attached hydrogen (secondary N) is 3. The van der Waals surface area contributed by atoms with Gasteiger partial charge in [-0.05, 0) is 49.6 Å². The molecule has 1 amide bonds. The van der Waals surface area contributed by atoms with Gasteiger partial charge >= 0.3 is 5.91 Å². The summed E-state index contributed by atoms with van der Waals surface area (Å²) in [6.07, 6.45) is 6.79. The van der Waals surface area contributed by atoms with Crippen molar-refractivity contribution >= 4 is 29.3 Å². The maximum absolute atomic E-state index is 13.1. The molecule has 1 aliphatic rings. The number of halogens is 1. The first-order valence-electron chi connectivity index (χ1n) is 11.3. The van der Waals surface area contributed by atoms with Crippen LogP contribution in [0.4, 0.5) is 11.8 Å². The maximum atomic E-state index is 13.1. The van der Waals surface area contributed by atoms with Gasteiger partial charge < -0.3 is 20.4 Å². The number of aromatic nitrogens is 5. The number of hydrogen-bond acceptors (Lipinski definition) is 8. The molecule has 4 aromatic rings. The number of amides is 1. The van der Waals surface area contributed by atoms with Crippen LogP contribution in [0.15, 0.2) is 53.4 Å². The van der Waals surface area contributed by atoms with Crippen molar-refractivity contribution in [2.24, 2.45) is 7.05 Å². The van der Waals surface area contributed by atoms with Crippen molar-refractivity contribution in [2.75, 3.05) is 11.9 Å². The van der Waals surface area contributed by atoms with Gasteiger partial charge in [0.15, 0.2) is 0 Å². The molecular formula is C24H25ClN8O2. The molecule has 35 heavy (non-hydrogen) atoms.